The third-order valence-electron chi connectivity index (χ3n) is 9.17. The second-order valence-corrected chi connectivity index (χ2v) is 12.8. The third-order valence-corrected chi connectivity index (χ3v) is 9.17. The number of aliphatic hydroxyl groups excluding tert-OH is 1. The third kappa shape index (κ3) is 5.53. The zero-order chi connectivity index (χ0) is 23.0. The standard InChI is InChI=1S/C29H47NO2/c1-6-27(3)15-23-16-28(4,20-27)21-29(5,17-23)24-7-9-26(10-8-24)32-19-25(31)18-30-13-11-22(2)12-14-30/h7-10,22-23,25,31H,6,11-21H2,1-5H3/t23?,25-,27?,28?,29?/m0/s1. The summed E-state index contributed by atoms with van der Waals surface area (Å²) >= 11 is 0. The smallest absolute Gasteiger partial charge is 0.119 e. The number of hydrogen-bond acceptors (Lipinski definition) is 3. The summed E-state index contributed by atoms with van der Waals surface area (Å²) in [5, 5.41) is 10.4. The van der Waals surface area contributed by atoms with Gasteiger partial charge in [0.25, 0.3) is 0 Å². The number of aliphatic hydroxyl groups is 1. The van der Waals surface area contributed by atoms with Crippen LogP contribution in [0.5, 0.6) is 5.75 Å². The minimum Gasteiger partial charge on any atom is -0.491 e. The molecule has 1 aromatic carbocycles. The van der Waals surface area contributed by atoms with Crippen molar-refractivity contribution in [2.75, 3.05) is 26.2 Å². The van der Waals surface area contributed by atoms with Gasteiger partial charge in [-0.15, -0.1) is 0 Å². The van der Waals surface area contributed by atoms with E-state index < -0.39 is 6.10 Å². The molecule has 1 saturated heterocycles. The molecule has 32 heavy (non-hydrogen) atoms. The number of piperidine rings is 1. The first-order valence-corrected chi connectivity index (χ1v) is 13.2. The Bertz CT molecular complexity index is 755. The van der Waals surface area contributed by atoms with E-state index in [2.05, 4.69) is 63.8 Å². The van der Waals surface area contributed by atoms with Gasteiger partial charge in [0.1, 0.15) is 18.5 Å². The molecule has 1 N–H and O–H groups in total. The number of likely N-dealkylation sites (tertiary alicyclic amines) is 1. The van der Waals surface area contributed by atoms with Gasteiger partial charge < -0.3 is 14.7 Å². The number of fused-ring (bicyclic) bond motifs is 2. The lowest BCUT2D eigenvalue weighted by atomic mass is 9.48. The van der Waals surface area contributed by atoms with Crippen LogP contribution in [0.15, 0.2) is 24.3 Å². The van der Waals surface area contributed by atoms with E-state index >= 15 is 0 Å². The summed E-state index contributed by atoms with van der Waals surface area (Å²) in [6.45, 7) is 15.6. The topological polar surface area (TPSA) is 32.7 Å². The normalized spacial score (nSPS) is 37.2. The molecule has 4 unspecified atom stereocenters. The number of hydrogen-bond donors (Lipinski definition) is 1. The highest BCUT2D eigenvalue weighted by molar-refractivity contribution is 5.33. The molecule has 1 aromatic rings. The lowest BCUT2D eigenvalue weighted by Crippen LogP contribution is -2.47. The van der Waals surface area contributed by atoms with E-state index in [0.717, 1.165) is 37.2 Å². The van der Waals surface area contributed by atoms with E-state index in [-0.39, 0.29) is 5.41 Å². The van der Waals surface area contributed by atoms with Crippen LogP contribution in [0.25, 0.3) is 0 Å². The first kappa shape index (κ1) is 24.1. The fraction of sp³-hybridized carbons (Fsp3) is 0.793. The quantitative estimate of drug-likeness (QED) is 0.529. The molecule has 2 saturated carbocycles. The first-order chi connectivity index (χ1) is 15.1. The highest BCUT2D eigenvalue weighted by atomic mass is 16.5. The second kappa shape index (κ2) is 9.29. The highest BCUT2D eigenvalue weighted by Gasteiger charge is 2.51. The lowest BCUT2D eigenvalue weighted by molar-refractivity contribution is -0.0303. The zero-order valence-corrected chi connectivity index (χ0v) is 21.3. The SMILES string of the molecule is CCC1(C)CC2CC(C)(C1)CC(C)(c1ccc(OC[C@@H](O)CN3CCC(C)CC3)cc1)C2. The molecular weight excluding hydrogens is 394 g/mol. The molecule has 3 nitrogen and oxygen atoms in total. The predicted octanol–water partition coefficient (Wildman–Crippen LogP) is 6.43. The summed E-state index contributed by atoms with van der Waals surface area (Å²) in [5.41, 5.74) is 2.72. The molecule has 0 radical (unpaired) electrons. The molecule has 2 bridgehead atoms. The number of rotatable bonds is 7. The van der Waals surface area contributed by atoms with Crippen molar-refractivity contribution in [2.24, 2.45) is 22.7 Å². The molecule has 3 heteroatoms. The summed E-state index contributed by atoms with van der Waals surface area (Å²) in [6.07, 6.45) is 10.1. The molecule has 1 aliphatic heterocycles. The van der Waals surface area contributed by atoms with Crippen LogP contribution in [0.1, 0.15) is 91.5 Å². The van der Waals surface area contributed by atoms with Crippen molar-refractivity contribution < 1.29 is 9.84 Å². The number of nitrogens with zero attached hydrogens (tertiary/aromatic N) is 1. The van der Waals surface area contributed by atoms with E-state index in [1.165, 1.54) is 56.9 Å². The average Bonchev–Trinajstić information content (AvgIpc) is 2.72. The largest absolute Gasteiger partial charge is 0.491 e. The van der Waals surface area contributed by atoms with E-state index in [0.29, 0.717) is 17.4 Å². The molecule has 0 spiro atoms. The number of benzene rings is 1. The van der Waals surface area contributed by atoms with Gasteiger partial charge in [0.05, 0.1) is 0 Å². The van der Waals surface area contributed by atoms with Crippen molar-refractivity contribution in [3.8, 4) is 5.75 Å². The van der Waals surface area contributed by atoms with Crippen LogP contribution in [0.2, 0.25) is 0 Å². The summed E-state index contributed by atoms with van der Waals surface area (Å²) in [7, 11) is 0. The molecule has 0 aromatic heterocycles. The minimum absolute atomic E-state index is 0.260. The number of β-amino-alcohol motifs (C(OH)–C–C–N with tert-alkyl or cyclic N) is 1. The van der Waals surface area contributed by atoms with Gasteiger partial charge >= 0.3 is 0 Å². The van der Waals surface area contributed by atoms with Gasteiger partial charge in [0, 0.05) is 6.54 Å². The van der Waals surface area contributed by atoms with Gasteiger partial charge in [0.2, 0.25) is 0 Å². The second-order valence-electron chi connectivity index (χ2n) is 12.8. The van der Waals surface area contributed by atoms with Gasteiger partial charge in [-0.3, -0.25) is 0 Å². The molecule has 4 rings (SSSR count). The summed E-state index contributed by atoms with van der Waals surface area (Å²) in [5.74, 6) is 2.55. The first-order valence-electron chi connectivity index (χ1n) is 13.2. The van der Waals surface area contributed by atoms with Crippen LogP contribution in [0.3, 0.4) is 0 Å². The van der Waals surface area contributed by atoms with E-state index in [4.69, 9.17) is 4.74 Å². The summed E-state index contributed by atoms with van der Waals surface area (Å²) in [4.78, 5) is 2.38. The fourth-order valence-electron chi connectivity index (χ4n) is 7.80. The monoisotopic (exact) mass is 441 g/mol. The molecule has 5 atom stereocenters. The Morgan fingerprint density at radius 3 is 2.34 bits per heavy atom. The summed E-state index contributed by atoms with van der Waals surface area (Å²) in [6, 6.07) is 8.83. The van der Waals surface area contributed by atoms with Crippen LogP contribution in [0, 0.1) is 22.7 Å². The van der Waals surface area contributed by atoms with Crippen LogP contribution in [-0.2, 0) is 5.41 Å². The van der Waals surface area contributed by atoms with Crippen molar-refractivity contribution in [1.29, 1.82) is 0 Å². The highest BCUT2D eigenvalue weighted by Crippen LogP contribution is 2.61. The van der Waals surface area contributed by atoms with Gasteiger partial charge in [-0.25, -0.2) is 0 Å². The Hall–Kier alpha value is -1.06. The lowest BCUT2D eigenvalue weighted by Gasteiger charge is -2.57. The van der Waals surface area contributed by atoms with Crippen LogP contribution in [0.4, 0.5) is 0 Å². The van der Waals surface area contributed by atoms with Crippen molar-refractivity contribution in [3.05, 3.63) is 29.8 Å². The molecular formula is C29H47NO2. The molecule has 0 amide bonds. The zero-order valence-electron chi connectivity index (χ0n) is 21.3. The molecule has 3 fully saturated rings. The van der Waals surface area contributed by atoms with Gasteiger partial charge in [0.15, 0.2) is 0 Å². The number of ether oxygens (including phenoxy) is 1. The maximum atomic E-state index is 10.4. The van der Waals surface area contributed by atoms with Crippen LogP contribution in [-0.4, -0.2) is 42.4 Å². The Kier molecular flexibility index (Phi) is 6.99. The Balaban J connectivity index is 1.32. The van der Waals surface area contributed by atoms with Crippen molar-refractivity contribution in [2.45, 2.75) is 97.5 Å². The predicted molar refractivity (Wildman–Crippen MR) is 133 cm³/mol. The fourth-order valence-corrected chi connectivity index (χ4v) is 7.80. The van der Waals surface area contributed by atoms with E-state index in [1.807, 2.05) is 0 Å². The average molecular weight is 442 g/mol. The van der Waals surface area contributed by atoms with Gasteiger partial charge in [-0.2, -0.15) is 0 Å². The summed E-state index contributed by atoms with van der Waals surface area (Å²) < 4.78 is 5.97. The molecule has 2 aliphatic carbocycles. The van der Waals surface area contributed by atoms with Gasteiger partial charge in [-0.05, 0) is 104 Å². The van der Waals surface area contributed by atoms with Gasteiger partial charge in [-0.1, -0.05) is 53.2 Å². The molecule has 180 valence electrons. The maximum absolute atomic E-state index is 10.4. The Labute approximate surface area is 196 Å². The van der Waals surface area contributed by atoms with Crippen molar-refractivity contribution in [1.82, 2.24) is 4.90 Å². The van der Waals surface area contributed by atoms with E-state index in [1.54, 1.807) is 0 Å². The Morgan fingerprint density at radius 2 is 1.72 bits per heavy atom. The minimum atomic E-state index is -0.425. The van der Waals surface area contributed by atoms with Crippen LogP contribution >= 0.6 is 0 Å². The Morgan fingerprint density at radius 1 is 1.03 bits per heavy atom. The maximum Gasteiger partial charge on any atom is 0.119 e. The van der Waals surface area contributed by atoms with Crippen molar-refractivity contribution >= 4 is 0 Å². The molecule has 1 heterocycles. The van der Waals surface area contributed by atoms with E-state index in [9.17, 15) is 5.11 Å². The van der Waals surface area contributed by atoms with Crippen LogP contribution < -0.4 is 4.74 Å². The van der Waals surface area contributed by atoms with Crippen molar-refractivity contribution in [3.63, 3.8) is 0 Å². The molecule has 3 aliphatic rings.